The van der Waals surface area contributed by atoms with E-state index in [1.165, 1.54) is 40.8 Å². The van der Waals surface area contributed by atoms with Crippen LogP contribution in [0.1, 0.15) is 66.8 Å². The Hall–Kier alpha value is -3.14. The van der Waals surface area contributed by atoms with Crippen LogP contribution in [0.3, 0.4) is 0 Å². The van der Waals surface area contributed by atoms with Gasteiger partial charge in [0.2, 0.25) is 0 Å². The molecule has 0 radical (unpaired) electrons. The molecule has 1 saturated carbocycles. The first-order valence-corrected chi connectivity index (χ1v) is 12.5. The van der Waals surface area contributed by atoms with Gasteiger partial charge in [-0.25, -0.2) is 0 Å². The molecule has 0 aromatic heterocycles. The van der Waals surface area contributed by atoms with Crippen LogP contribution in [0.15, 0.2) is 77.8 Å². The second kappa shape index (κ2) is 9.49. The van der Waals surface area contributed by atoms with Gasteiger partial charge in [-0.15, -0.1) is 0 Å². The van der Waals surface area contributed by atoms with E-state index in [1.807, 2.05) is 19.1 Å². The van der Waals surface area contributed by atoms with E-state index >= 15 is 0 Å². The molecular weight excluding hydrogens is 443 g/mol. The van der Waals surface area contributed by atoms with Crippen LogP contribution < -0.4 is 0 Å². The van der Waals surface area contributed by atoms with Crippen LogP contribution in [0.4, 0.5) is 13.2 Å². The van der Waals surface area contributed by atoms with Crippen molar-refractivity contribution in [3.05, 3.63) is 101 Å². The first kappa shape index (κ1) is 23.6. The van der Waals surface area contributed by atoms with E-state index in [2.05, 4.69) is 31.2 Å². The van der Waals surface area contributed by atoms with Crippen LogP contribution in [0.2, 0.25) is 0 Å². The minimum atomic E-state index is -4.38. The normalized spacial score (nSPS) is 19.5. The summed E-state index contributed by atoms with van der Waals surface area (Å²) in [4.78, 5) is 4.82. The summed E-state index contributed by atoms with van der Waals surface area (Å²) >= 11 is 0. The molecular formula is C31H30F3N. The summed E-state index contributed by atoms with van der Waals surface area (Å²) in [5.74, 6) is 1.51. The Bertz CT molecular complexity index is 1280. The molecule has 0 N–H and O–H groups in total. The zero-order valence-corrected chi connectivity index (χ0v) is 20.2. The molecule has 2 unspecified atom stereocenters. The number of benzene rings is 3. The number of nitrogens with zero attached hydrogens (tertiary/aromatic N) is 1. The molecule has 1 nitrogen and oxygen atoms in total. The van der Waals surface area contributed by atoms with Gasteiger partial charge in [-0.1, -0.05) is 73.7 Å². The van der Waals surface area contributed by atoms with Gasteiger partial charge in [-0.3, -0.25) is 4.99 Å². The molecule has 4 heteroatoms. The van der Waals surface area contributed by atoms with Crippen molar-refractivity contribution in [1.29, 1.82) is 0 Å². The summed E-state index contributed by atoms with van der Waals surface area (Å²) in [5.41, 5.74) is 7.67. The second-order valence-corrected chi connectivity index (χ2v) is 9.68. The predicted octanol–water partition coefficient (Wildman–Crippen LogP) is 8.72. The number of aryl methyl sites for hydroxylation is 1. The minimum absolute atomic E-state index is 0.199. The lowest BCUT2D eigenvalue weighted by Gasteiger charge is -2.14. The van der Waals surface area contributed by atoms with Gasteiger partial charge >= 0.3 is 6.18 Å². The van der Waals surface area contributed by atoms with Crippen molar-refractivity contribution in [2.75, 3.05) is 6.54 Å². The number of fused-ring (bicyclic) bond motifs is 3. The molecule has 0 aliphatic heterocycles. The average molecular weight is 474 g/mol. The first-order chi connectivity index (χ1) is 16.8. The number of halogens is 3. The van der Waals surface area contributed by atoms with Crippen LogP contribution in [0.5, 0.6) is 0 Å². The monoisotopic (exact) mass is 473 g/mol. The molecule has 0 spiro atoms. The summed E-state index contributed by atoms with van der Waals surface area (Å²) < 4.78 is 40.2. The van der Waals surface area contributed by atoms with Crippen molar-refractivity contribution in [2.45, 2.75) is 51.6 Å². The highest BCUT2D eigenvalue weighted by Crippen LogP contribution is 2.54. The van der Waals surface area contributed by atoms with Gasteiger partial charge in [-0.05, 0) is 89.5 Å². The quantitative estimate of drug-likeness (QED) is 0.317. The van der Waals surface area contributed by atoms with E-state index in [9.17, 15) is 13.2 Å². The van der Waals surface area contributed by atoms with Crippen LogP contribution in [0.25, 0.3) is 16.7 Å². The van der Waals surface area contributed by atoms with Crippen LogP contribution in [0, 0.1) is 5.92 Å². The summed E-state index contributed by atoms with van der Waals surface area (Å²) in [6.07, 6.45) is 2.44. The predicted molar refractivity (Wildman–Crippen MR) is 138 cm³/mol. The molecule has 0 bridgehead atoms. The van der Waals surface area contributed by atoms with Crippen molar-refractivity contribution in [3.63, 3.8) is 0 Å². The molecule has 2 atom stereocenters. The van der Waals surface area contributed by atoms with Crippen molar-refractivity contribution in [3.8, 4) is 11.1 Å². The van der Waals surface area contributed by atoms with Crippen LogP contribution in [-0.4, -0.2) is 12.3 Å². The third kappa shape index (κ3) is 4.98. The largest absolute Gasteiger partial charge is 0.417 e. The lowest BCUT2D eigenvalue weighted by molar-refractivity contribution is -0.137. The molecule has 2 aliphatic carbocycles. The van der Waals surface area contributed by atoms with Gasteiger partial charge in [0.05, 0.1) is 5.56 Å². The summed E-state index contributed by atoms with van der Waals surface area (Å²) in [5, 5.41) is 0. The highest BCUT2D eigenvalue weighted by Gasteiger charge is 2.40. The summed E-state index contributed by atoms with van der Waals surface area (Å²) in [6, 6.07) is 19.9. The maximum Gasteiger partial charge on any atom is 0.417 e. The van der Waals surface area contributed by atoms with Gasteiger partial charge < -0.3 is 0 Å². The van der Waals surface area contributed by atoms with Crippen molar-refractivity contribution in [2.24, 2.45) is 10.9 Å². The highest BCUT2D eigenvalue weighted by molar-refractivity contribution is 5.99. The van der Waals surface area contributed by atoms with Gasteiger partial charge in [-0.2, -0.15) is 13.2 Å². The Kier molecular flexibility index (Phi) is 6.39. The fourth-order valence-electron chi connectivity index (χ4n) is 5.26. The number of aliphatic imine (C=N–C) groups is 1. The Morgan fingerprint density at radius 3 is 2.49 bits per heavy atom. The second-order valence-electron chi connectivity index (χ2n) is 9.68. The van der Waals surface area contributed by atoms with Crippen molar-refractivity contribution < 1.29 is 13.2 Å². The molecule has 5 rings (SSSR count). The third-order valence-corrected chi connectivity index (χ3v) is 7.44. The molecule has 0 saturated heterocycles. The standard InChI is InChI=1S/C31H30F3N/c1-3-21-8-15-27-28(18-21)24(13-14-25-19-29(25)27)16-17-35-20(2)22-9-11-23(12-10-22)26-6-4-5-7-30(26)31(32,33)34/h4-13,15,18,25,29H,3,14,16-17,19H2,1-2H3. The maximum atomic E-state index is 13.4. The van der Waals surface area contributed by atoms with E-state index < -0.39 is 11.7 Å². The van der Waals surface area contributed by atoms with Gasteiger partial charge in [0.15, 0.2) is 0 Å². The number of alkyl halides is 3. The molecule has 1 fully saturated rings. The highest BCUT2D eigenvalue weighted by atomic mass is 19.4. The number of rotatable bonds is 6. The van der Waals surface area contributed by atoms with Gasteiger partial charge in [0, 0.05) is 12.3 Å². The SMILES string of the molecule is CCc1ccc2c(c1)C(CCN=C(C)c1ccc(-c3ccccc3C(F)(F)F)cc1)=CCC1CC21. The topological polar surface area (TPSA) is 12.4 Å². The lowest BCUT2D eigenvalue weighted by atomic mass is 9.93. The van der Waals surface area contributed by atoms with E-state index in [-0.39, 0.29) is 5.56 Å². The smallest absolute Gasteiger partial charge is 0.289 e. The Balaban J connectivity index is 1.31. The van der Waals surface area contributed by atoms with E-state index in [1.54, 1.807) is 18.2 Å². The summed E-state index contributed by atoms with van der Waals surface area (Å²) in [7, 11) is 0. The average Bonchev–Trinajstić information content (AvgIpc) is 3.65. The van der Waals surface area contributed by atoms with Crippen molar-refractivity contribution in [1.82, 2.24) is 0 Å². The third-order valence-electron chi connectivity index (χ3n) is 7.44. The fourth-order valence-corrected chi connectivity index (χ4v) is 5.26. The zero-order chi connectivity index (χ0) is 24.6. The summed E-state index contributed by atoms with van der Waals surface area (Å²) in [6.45, 7) is 4.86. The Morgan fingerprint density at radius 1 is 0.971 bits per heavy atom. The van der Waals surface area contributed by atoms with E-state index in [0.717, 1.165) is 48.4 Å². The Morgan fingerprint density at radius 2 is 1.74 bits per heavy atom. The van der Waals surface area contributed by atoms with Crippen LogP contribution >= 0.6 is 0 Å². The molecule has 35 heavy (non-hydrogen) atoms. The number of hydrogen-bond donors (Lipinski definition) is 0. The van der Waals surface area contributed by atoms with Crippen LogP contribution in [-0.2, 0) is 12.6 Å². The zero-order valence-electron chi connectivity index (χ0n) is 20.2. The molecule has 2 aliphatic rings. The molecule has 0 heterocycles. The molecule has 180 valence electrons. The fraction of sp³-hybridized carbons (Fsp3) is 0.323. The molecule has 3 aromatic rings. The molecule has 3 aromatic carbocycles. The van der Waals surface area contributed by atoms with E-state index in [0.29, 0.717) is 12.1 Å². The van der Waals surface area contributed by atoms with Crippen molar-refractivity contribution >= 4 is 11.3 Å². The lowest BCUT2D eigenvalue weighted by Crippen LogP contribution is -2.06. The molecule has 0 amide bonds. The number of hydrogen-bond acceptors (Lipinski definition) is 1. The minimum Gasteiger partial charge on any atom is -0.289 e. The van der Waals surface area contributed by atoms with E-state index in [4.69, 9.17) is 4.99 Å². The van der Waals surface area contributed by atoms with Gasteiger partial charge in [0.25, 0.3) is 0 Å². The first-order valence-electron chi connectivity index (χ1n) is 12.5. The Labute approximate surface area is 205 Å². The maximum absolute atomic E-state index is 13.4. The van der Waals surface area contributed by atoms with Gasteiger partial charge in [0.1, 0.15) is 0 Å². The number of allylic oxidation sites excluding steroid dienone is 1.